The lowest BCUT2D eigenvalue weighted by Gasteiger charge is -2.07. The summed E-state index contributed by atoms with van der Waals surface area (Å²) in [5.41, 5.74) is -0.187. The standard InChI is InChI=1S/C15H15N3O5S2/c19-14(10-3-1-2-4-10)17-15-16-9-13(24-15)25(22,23)12-7-5-11(6-8-12)18(20)21/h5-10H,1-4H2,(H,16,17,19). The zero-order chi connectivity index (χ0) is 18.0. The van der Waals surface area contributed by atoms with Crippen LogP contribution in [0.3, 0.4) is 0 Å². The van der Waals surface area contributed by atoms with E-state index in [0.29, 0.717) is 0 Å². The van der Waals surface area contributed by atoms with E-state index >= 15 is 0 Å². The minimum atomic E-state index is -3.83. The molecule has 1 amide bonds. The minimum Gasteiger partial charge on any atom is -0.302 e. The molecule has 0 radical (unpaired) electrons. The molecule has 1 aromatic heterocycles. The third-order valence-corrected chi connectivity index (χ3v) is 7.21. The van der Waals surface area contributed by atoms with Crippen molar-refractivity contribution < 1.29 is 18.1 Å². The lowest BCUT2D eigenvalue weighted by atomic mass is 10.1. The summed E-state index contributed by atoms with van der Waals surface area (Å²) in [5.74, 6) is -0.176. The van der Waals surface area contributed by atoms with Gasteiger partial charge in [0, 0.05) is 18.1 Å². The van der Waals surface area contributed by atoms with E-state index in [1.54, 1.807) is 0 Å². The predicted molar refractivity (Wildman–Crippen MR) is 91.2 cm³/mol. The van der Waals surface area contributed by atoms with E-state index in [-0.39, 0.29) is 31.7 Å². The second-order valence-electron chi connectivity index (χ2n) is 5.71. The number of carbonyl (C=O) groups is 1. The number of thiazole rings is 1. The van der Waals surface area contributed by atoms with Crippen LogP contribution in [0.1, 0.15) is 25.7 Å². The van der Waals surface area contributed by atoms with Gasteiger partial charge in [-0.25, -0.2) is 13.4 Å². The van der Waals surface area contributed by atoms with Crippen molar-refractivity contribution in [2.24, 2.45) is 5.92 Å². The number of nitro groups is 1. The molecule has 0 saturated heterocycles. The molecule has 0 spiro atoms. The minimum absolute atomic E-state index is 0.0249. The molecule has 0 bridgehead atoms. The fraction of sp³-hybridized carbons (Fsp3) is 0.333. The highest BCUT2D eigenvalue weighted by Crippen LogP contribution is 2.31. The first-order valence-corrected chi connectivity index (χ1v) is 9.94. The highest BCUT2D eigenvalue weighted by atomic mass is 32.2. The highest BCUT2D eigenvalue weighted by molar-refractivity contribution is 7.93. The van der Waals surface area contributed by atoms with Crippen molar-refractivity contribution in [2.75, 3.05) is 5.32 Å². The largest absolute Gasteiger partial charge is 0.302 e. The molecule has 1 aliphatic rings. The number of nitrogens with one attached hydrogen (secondary N) is 1. The van der Waals surface area contributed by atoms with Gasteiger partial charge in [0.1, 0.15) is 4.21 Å². The van der Waals surface area contributed by atoms with Crippen molar-refractivity contribution >= 4 is 37.9 Å². The summed E-state index contributed by atoms with van der Waals surface area (Å²) in [6.45, 7) is 0. The van der Waals surface area contributed by atoms with Gasteiger partial charge in [-0.1, -0.05) is 24.2 Å². The molecule has 1 fully saturated rings. The van der Waals surface area contributed by atoms with Crippen LogP contribution in [-0.4, -0.2) is 24.2 Å². The van der Waals surface area contributed by atoms with Gasteiger partial charge in [-0.05, 0) is 25.0 Å². The van der Waals surface area contributed by atoms with Crippen LogP contribution in [-0.2, 0) is 14.6 Å². The number of nitro benzene ring substituents is 1. The molecule has 8 nitrogen and oxygen atoms in total. The van der Waals surface area contributed by atoms with Crippen LogP contribution in [0.25, 0.3) is 0 Å². The number of sulfone groups is 1. The number of anilines is 1. The Kier molecular flexibility index (Phi) is 4.82. The van der Waals surface area contributed by atoms with E-state index in [1.165, 1.54) is 18.3 Å². The van der Waals surface area contributed by atoms with Crippen LogP contribution >= 0.6 is 11.3 Å². The number of carbonyl (C=O) groups excluding carboxylic acids is 1. The van der Waals surface area contributed by atoms with E-state index in [1.807, 2.05) is 0 Å². The summed E-state index contributed by atoms with van der Waals surface area (Å²) in [6, 6.07) is 4.64. The number of nitrogens with zero attached hydrogens (tertiary/aromatic N) is 2. The molecule has 10 heteroatoms. The van der Waals surface area contributed by atoms with Crippen LogP contribution in [0.5, 0.6) is 0 Å². The number of hydrogen-bond acceptors (Lipinski definition) is 7. The van der Waals surface area contributed by atoms with Crippen LogP contribution in [0, 0.1) is 16.0 Å². The van der Waals surface area contributed by atoms with Crippen molar-refractivity contribution in [2.45, 2.75) is 34.8 Å². The molecule has 25 heavy (non-hydrogen) atoms. The number of benzene rings is 1. The first-order valence-electron chi connectivity index (χ1n) is 7.64. The maximum absolute atomic E-state index is 12.6. The van der Waals surface area contributed by atoms with Crippen LogP contribution in [0.2, 0.25) is 0 Å². The number of hydrogen-bond donors (Lipinski definition) is 1. The second kappa shape index (κ2) is 6.89. The average molecular weight is 381 g/mol. The molecule has 132 valence electrons. The quantitative estimate of drug-likeness (QED) is 0.628. The maximum atomic E-state index is 12.6. The molecule has 0 atom stereocenters. The maximum Gasteiger partial charge on any atom is 0.269 e. The summed E-state index contributed by atoms with van der Waals surface area (Å²) >= 11 is 0.867. The van der Waals surface area contributed by atoms with Crippen molar-refractivity contribution in [1.29, 1.82) is 0 Å². The molecule has 0 aliphatic heterocycles. The van der Waals surface area contributed by atoms with Gasteiger partial charge in [0.15, 0.2) is 5.13 Å². The molecule has 1 heterocycles. The molecule has 1 saturated carbocycles. The highest BCUT2D eigenvalue weighted by Gasteiger charge is 2.25. The lowest BCUT2D eigenvalue weighted by Crippen LogP contribution is -2.19. The Labute approximate surface area is 148 Å². The Balaban J connectivity index is 1.78. The van der Waals surface area contributed by atoms with Gasteiger partial charge in [-0.15, -0.1) is 0 Å². The third kappa shape index (κ3) is 3.69. The van der Waals surface area contributed by atoms with Gasteiger partial charge in [-0.2, -0.15) is 0 Å². The fourth-order valence-electron chi connectivity index (χ4n) is 2.70. The molecule has 3 rings (SSSR count). The smallest absolute Gasteiger partial charge is 0.269 e. The van der Waals surface area contributed by atoms with Gasteiger partial charge < -0.3 is 5.32 Å². The molecule has 0 unspecified atom stereocenters. The van der Waals surface area contributed by atoms with Gasteiger partial charge in [-0.3, -0.25) is 14.9 Å². The predicted octanol–water partition coefficient (Wildman–Crippen LogP) is 3.01. The summed E-state index contributed by atoms with van der Waals surface area (Å²) < 4.78 is 25.1. The number of non-ortho nitro benzene ring substituents is 1. The lowest BCUT2D eigenvalue weighted by molar-refractivity contribution is -0.384. The van der Waals surface area contributed by atoms with E-state index < -0.39 is 14.8 Å². The topological polar surface area (TPSA) is 119 Å². The van der Waals surface area contributed by atoms with E-state index in [0.717, 1.165) is 49.2 Å². The third-order valence-electron chi connectivity index (χ3n) is 4.06. The molecule has 2 aromatic rings. The normalized spacial score (nSPS) is 15.2. The Hall–Kier alpha value is -2.33. The van der Waals surface area contributed by atoms with Crippen molar-refractivity contribution in [3.8, 4) is 0 Å². The van der Waals surface area contributed by atoms with Crippen molar-refractivity contribution in [3.05, 3.63) is 40.6 Å². The summed E-state index contributed by atoms with van der Waals surface area (Å²) in [4.78, 5) is 26.0. The number of rotatable bonds is 5. The van der Waals surface area contributed by atoms with Crippen LogP contribution < -0.4 is 5.32 Å². The summed E-state index contributed by atoms with van der Waals surface area (Å²) in [5, 5.41) is 13.6. The van der Waals surface area contributed by atoms with Gasteiger partial charge >= 0.3 is 0 Å². The van der Waals surface area contributed by atoms with E-state index in [9.17, 15) is 23.3 Å². The Morgan fingerprint density at radius 1 is 1.24 bits per heavy atom. The first-order chi connectivity index (χ1) is 11.9. The van der Waals surface area contributed by atoms with Crippen molar-refractivity contribution in [1.82, 2.24) is 4.98 Å². The van der Waals surface area contributed by atoms with E-state index in [2.05, 4.69) is 10.3 Å². The summed E-state index contributed by atoms with van der Waals surface area (Å²) in [7, 11) is -3.83. The first kappa shape index (κ1) is 17.5. The SMILES string of the molecule is O=C(Nc1ncc(S(=O)(=O)c2ccc([N+](=O)[O-])cc2)s1)C1CCCC1. The molecule has 1 aromatic carbocycles. The fourth-order valence-corrected chi connectivity index (χ4v) is 5.14. The molecule has 1 N–H and O–H groups in total. The van der Waals surface area contributed by atoms with Gasteiger partial charge in [0.25, 0.3) is 5.69 Å². The molecular formula is C15H15N3O5S2. The summed E-state index contributed by atoms with van der Waals surface area (Å²) in [6.07, 6.45) is 4.91. The van der Waals surface area contributed by atoms with Gasteiger partial charge in [0.2, 0.25) is 15.7 Å². The van der Waals surface area contributed by atoms with Crippen LogP contribution in [0.15, 0.2) is 39.6 Å². The Morgan fingerprint density at radius 2 is 1.88 bits per heavy atom. The average Bonchev–Trinajstić information content (AvgIpc) is 3.26. The number of aromatic nitrogens is 1. The second-order valence-corrected chi connectivity index (χ2v) is 8.92. The van der Waals surface area contributed by atoms with Crippen LogP contribution in [0.4, 0.5) is 10.8 Å². The Morgan fingerprint density at radius 3 is 2.48 bits per heavy atom. The number of amides is 1. The van der Waals surface area contributed by atoms with E-state index in [4.69, 9.17) is 0 Å². The van der Waals surface area contributed by atoms with Gasteiger partial charge in [0.05, 0.1) is 16.0 Å². The molecular weight excluding hydrogens is 366 g/mol. The molecule has 1 aliphatic carbocycles. The Bertz CT molecular complexity index is 900. The monoisotopic (exact) mass is 381 g/mol. The zero-order valence-electron chi connectivity index (χ0n) is 13.0. The van der Waals surface area contributed by atoms with Crippen molar-refractivity contribution in [3.63, 3.8) is 0 Å². The zero-order valence-corrected chi connectivity index (χ0v) is 14.7.